The van der Waals surface area contributed by atoms with Gasteiger partial charge in [0.1, 0.15) is 6.04 Å². The number of carboxylic acids is 1. The zero-order valence-electron chi connectivity index (χ0n) is 13.3. The number of aryl methyl sites for hydroxylation is 1. The van der Waals surface area contributed by atoms with Crippen molar-refractivity contribution in [3.63, 3.8) is 0 Å². The Kier molecular flexibility index (Phi) is 6.31. The predicted octanol–water partition coefficient (Wildman–Crippen LogP) is 1.11. The van der Waals surface area contributed by atoms with Crippen LogP contribution in [0.3, 0.4) is 0 Å². The summed E-state index contributed by atoms with van der Waals surface area (Å²) in [6, 6.07) is 8.56. The van der Waals surface area contributed by atoms with Gasteiger partial charge in [-0.1, -0.05) is 36.8 Å². The molecule has 3 atom stereocenters. The van der Waals surface area contributed by atoms with Crippen molar-refractivity contribution in [2.24, 2.45) is 11.8 Å². The second-order valence-electron chi connectivity index (χ2n) is 6.04. The van der Waals surface area contributed by atoms with Crippen LogP contribution in [0, 0.1) is 11.8 Å². The Bertz CT molecular complexity index is 590. The highest BCUT2D eigenvalue weighted by molar-refractivity contribution is 5.90. The molecule has 1 saturated carbocycles. The molecule has 0 heterocycles. The molecule has 4 N–H and O–H groups in total. The van der Waals surface area contributed by atoms with Gasteiger partial charge in [-0.2, -0.15) is 0 Å². The van der Waals surface area contributed by atoms with E-state index in [9.17, 15) is 19.5 Å². The summed E-state index contributed by atoms with van der Waals surface area (Å²) in [4.78, 5) is 35.4. The number of carbonyl (C=O) groups excluding carboxylic acids is 2. The van der Waals surface area contributed by atoms with Gasteiger partial charge < -0.3 is 10.4 Å². The van der Waals surface area contributed by atoms with Crippen LogP contribution >= 0.6 is 0 Å². The quantitative estimate of drug-likeness (QED) is 0.440. The van der Waals surface area contributed by atoms with Crippen molar-refractivity contribution in [2.75, 3.05) is 0 Å². The molecule has 24 heavy (non-hydrogen) atoms. The number of hydroxylamine groups is 1. The summed E-state index contributed by atoms with van der Waals surface area (Å²) in [6.45, 7) is 0. The molecular formula is C17H22N2O5. The van der Waals surface area contributed by atoms with E-state index in [1.807, 2.05) is 30.3 Å². The third-order valence-electron chi connectivity index (χ3n) is 4.48. The van der Waals surface area contributed by atoms with E-state index in [2.05, 4.69) is 5.32 Å². The van der Waals surface area contributed by atoms with Crippen LogP contribution in [0.1, 0.15) is 31.2 Å². The number of carbonyl (C=O) groups is 3. The van der Waals surface area contributed by atoms with Gasteiger partial charge in [-0.25, -0.2) is 5.48 Å². The topological polar surface area (TPSA) is 116 Å². The summed E-state index contributed by atoms with van der Waals surface area (Å²) in [5.41, 5.74) is 2.57. The van der Waals surface area contributed by atoms with Gasteiger partial charge in [0.05, 0.1) is 11.8 Å². The Morgan fingerprint density at radius 1 is 1.12 bits per heavy atom. The monoisotopic (exact) mass is 334 g/mol. The van der Waals surface area contributed by atoms with Crippen molar-refractivity contribution in [1.82, 2.24) is 10.8 Å². The fourth-order valence-corrected chi connectivity index (χ4v) is 3.15. The Balaban J connectivity index is 1.99. The van der Waals surface area contributed by atoms with Crippen LogP contribution in [0.2, 0.25) is 0 Å². The van der Waals surface area contributed by atoms with E-state index in [4.69, 9.17) is 5.21 Å². The van der Waals surface area contributed by atoms with E-state index in [0.717, 1.165) is 5.56 Å². The summed E-state index contributed by atoms with van der Waals surface area (Å²) in [7, 11) is 0. The lowest BCUT2D eigenvalue weighted by Gasteiger charge is -2.21. The molecule has 1 aliphatic rings. The highest BCUT2D eigenvalue weighted by atomic mass is 16.5. The average molecular weight is 334 g/mol. The zero-order chi connectivity index (χ0) is 17.5. The molecule has 130 valence electrons. The molecule has 0 bridgehead atoms. The van der Waals surface area contributed by atoms with Gasteiger partial charge in [-0.3, -0.25) is 19.6 Å². The van der Waals surface area contributed by atoms with Crippen LogP contribution in [0.15, 0.2) is 30.3 Å². The molecule has 7 heteroatoms. The van der Waals surface area contributed by atoms with E-state index in [1.54, 1.807) is 5.48 Å². The number of benzene rings is 1. The lowest BCUT2D eigenvalue weighted by atomic mass is 9.94. The van der Waals surface area contributed by atoms with Crippen molar-refractivity contribution in [3.05, 3.63) is 35.9 Å². The molecular weight excluding hydrogens is 312 g/mol. The van der Waals surface area contributed by atoms with Crippen molar-refractivity contribution in [1.29, 1.82) is 0 Å². The third kappa shape index (κ3) is 4.55. The first-order chi connectivity index (χ1) is 11.5. The Morgan fingerprint density at radius 3 is 2.42 bits per heavy atom. The number of carboxylic acid groups (broad SMARTS) is 1. The van der Waals surface area contributed by atoms with Gasteiger partial charge in [0.2, 0.25) is 5.91 Å². The van der Waals surface area contributed by atoms with Crippen LogP contribution < -0.4 is 10.8 Å². The van der Waals surface area contributed by atoms with Gasteiger partial charge in [0.25, 0.3) is 5.91 Å². The molecule has 0 saturated heterocycles. The zero-order valence-corrected chi connectivity index (χ0v) is 13.3. The van der Waals surface area contributed by atoms with Crippen molar-refractivity contribution in [3.8, 4) is 0 Å². The molecule has 1 aliphatic carbocycles. The first kappa shape index (κ1) is 17.9. The highest BCUT2D eigenvalue weighted by Crippen LogP contribution is 2.32. The molecule has 0 aliphatic heterocycles. The molecule has 0 aromatic heterocycles. The van der Waals surface area contributed by atoms with Crippen LogP contribution in [0.5, 0.6) is 0 Å². The van der Waals surface area contributed by atoms with Crippen LogP contribution in [-0.2, 0) is 20.8 Å². The SMILES string of the molecule is O=C(NO)C(CCc1ccccc1)NC(=O)C1CCCC1C(=O)O. The summed E-state index contributed by atoms with van der Waals surface area (Å²) >= 11 is 0. The van der Waals surface area contributed by atoms with Gasteiger partial charge in [0.15, 0.2) is 0 Å². The maximum absolute atomic E-state index is 12.4. The lowest BCUT2D eigenvalue weighted by molar-refractivity contribution is -0.146. The van der Waals surface area contributed by atoms with Crippen molar-refractivity contribution in [2.45, 2.75) is 38.1 Å². The Hall–Kier alpha value is -2.41. The second-order valence-corrected chi connectivity index (χ2v) is 6.04. The predicted molar refractivity (Wildman–Crippen MR) is 85.1 cm³/mol. The van der Waals surface area contributed by atoms with Crippen LogP contribution in [0.4, 0.5) is 0 Å². The van der Waals surface area contributed by atoms with Crippen LogP contribution in [0.25, 0.3) is 0 Å². The summed E-state index contributed by atoms with van der Waals surface area (Å²) < 4.78 is 0. The fraction of sp³-hybridized carbons (Fsp3) is 0.471. The molecule has 0 radical (unpaired) electrons. The van der Waals surface area contributed by atoms with Crippen LogP contribution in [-0.4, -0.2) is 34.1 Å². The molecule has 7 nitrogen and oxygen atoms in total. The number of aliphatic carboxylic acids is 1. The van der Waals surface area contributed by atoms with E-state index in [-0.39, 0.29) is 0 Å². The third-order valence-corrected chi connectivity index (χ3v) is 4.48. The molecule has 1 fully saturated rings. The molecule has 1 aromatic rings. The highest BCUT2D eigenvalue weighted by Gasteiger charge is 2.38. The number of rotatable bonds is 7. The minimum atomic E-state index is -0.986. The fourth-order valence-electron chi connectivity index (χ4n) is 3.15. The Labute approximate surface area is 140 Å². The van der Waals surface area contributed by atoms with Crippen molar-refractivity contribution < 1.29 is 24.7 Å². The minimum Gasteiger partial charge on any atom is -0.481 e. The maximum Gasteiger partial charge on any atom is 0.307 e. The smallest absolute Gasteiger partial charge is 0.307 e. The number of hydrogen-bond acceptors (Lipinski definition) is 4. The Morgan fingerprint density at radius 2 is 1.79 bits per heavy atom. The maximum atomic E-state index is 12.4. The first-order valence-electron chi connectivity index (χ1n) is 8.04. The largest absolute Gasteiger partial charge is 0.481 e. The standard InChI is InChI=1S/C17H22N2O5/c20-15(12-7-4-8-13(12)17(22)23)18-14(16(21)19-24)10-9-11-5-2-1-3-6-11/h1-3,5-6,12-14,24H,4,7-10H2,(H,18,20)(H,19,21)(H,22,23). The van der Waals surface area contributed by atoms with Gasteiger partial charge in [-0.15, -0.1) is 0 Å². The van der Waals surface area contributed by atoms with Gasteiger partial charge >= 0.3 is 5.97 Å². The summed E-state index contributed by atoms with van der Waals surface area (Å²) in [5.74, 6) is -3.48. The lowest BCUT2D eigenvalue weighted by Crippen LogP contribution is -2.49. The van der Waals surface area contributed by atoms with Crippen molar-refractivity contribution >= 4 is 17.8 Å². The molecule has 0 spiro atoms. The second kappa shape index (κ2) is 8.44. The number of nitrogens with one attached hydrogen (secondary N) is 2. The molecule has 3 unspecified atom stereocenters. The molecule has 1 aromatic carbocycles. The molecule has 2 rings (SSSR count). The van der Waals surface area contributed by atoms with Gasteiger partial charge in [-0.05, 0) is 31.2 Å². The van der Waals surface area contributed by atoms with E-state index in [0.29, 0.717) is 32.1 Å². The van der Waals surface area contributed by atoms with E-state index < -0.39 is 35.7 Å². The molecule has 2 amide bonds. The normalized spacial score (nSPS) is 21.0. The average Bonchev–Trinajstić information content (AvgIpc) is 3.08. The van der Waals surface area contributed by atoms with E-state index in [1.165, 1.54) is 0 Å². The summed E-state index contributed by atoms with van der Waals surface area (Å²) in [6.07, 6.45) is 2.50. The first-order valence-corrected chi connectivity index (χ1v) is 8.04. The van der Waals surface area contributed by atoms with E-state index >= 15 is 0 Å². The number of hydrogen-bond donors (Lipinski definition) is 4. The summed E-state index contributed by atoms with van der Waals surface area (Å²) in [5, 5.41) is 20.6. The van der Waals surface area contributed by atoms with Gasteiger partial charge in [0, 0.05) is 0 Å². The minimum absolute atomic E-state index is 0.312. The number of amides is 2.